The third kappa shape index (κ3) is 4.89. The van der Waals surface area contributed by atoms with Crippen LogP contribution >= 0.6 is 11.6 Å². The lowest BCUT2D eigenvalue weighted by atomic mass is 9.62. The molecule has 0 bridgehead atoms. The molecule has 2 heterocycles. The van der Waals surface area contributed by atoms with E-state index in [9.17, 15) is 14.4 Å². The number of hydrogen-bond donors (Lipinski definition) is 2. The van der Waals surface area contributed by atoms with Gasteiger partial charge in [-0.25, -0.2) is 9.18 Å². The molecule has 2 aromatic carbocycles. The van der Waals surface area contributed by atoms with Crippen molar-refractivity contribution in [1.29, 1.82) is 0 Å². The Balaban J connectivity index is 1.67. The number of amides is 2. The zero-order valence-corrected chi connectivity index (χ0v) is 24.8. The Kier molecular flexibility index (Phi) is 7.74. The van der Waals surface area contributed by atoms with Crippen LogP contribution in [0, 0.1) is 23.1 Å². The number of carbonyl (C=O) groups excluding carboxylic acids is 3. The van der Waals surface area contributed by atoms with E-state index in [0.717, 1.165) is 0 Å². The number of methoxy groups -OCH3 is 2. The topological polar surface area (TPSA) is 107 Å². The van der Waals surface area contributed by atoms with E-state index < -0.39 is 34.9 Å². The van der Waals surface area contributed by atoms with Crippen molar-refractivity contribution in [2.45, 2.75) is 44.9 Å². The number of rotatable bonds is 6. The Labute approximate surface area is 249 Å². The van der Waals surface area contributed by atoms with Crippen LogP contribution < -0.4 is 15.4 Å². The molecule has 1 aliphatic carbocycles. The van der Waals surface area contributed by atoms with Gasteiger partial charge in [-0.1, -0.05) is 44.5 Å². The predicted molar refractivity (Wildman–Crippen MR) is 157 cm³/mol. The van der Waals surface area contributed by atoms with E-state index in [-0.39, 0.29) is 39.1 Å². The number of hydrogen-bond acceptors (Lipinski definition) is 6. The summed E-state index contributed by atoms with van der Waals surface area (Å²) in [5.74, 6) is -3.72. The standard InChI is InChI=1S/C32H33ClFN3O5/c1-31(2,3)15-18-14-20(28(38)36-24-10-9-17(29(39)42-5)13-25(24)41-4)26(19-7-6-8-22(33)27(19)34)32(18)21-16-35-12-11-23(21)37-30(32)40/h6-13,16,18,20,26H,14-15H2,1-5H3,(H,36,38)(H,37,40)/t18-,20+,26-,32-/m1/s1. The van der Waals surface area contributed by atoms with Crippen LogP contribution in [0.5, 0.6) is 5.75 Å². The van der Waals surface area contributed by atoms with Gasteiger partial charge >= 0.3 is 5.97 Å². The molecule has 1 aromatic heterocycles. The fourth-order valence-corrected chi connectivity index (χ4v) is 7.01. The quantitative estimate of drug-likeness (QED) is 0.322. The van der Waals surface area contributed by atoms with Gasteiger partial charge in [0.15, 0.2) is 0 Å². The minimum absolute atomic E-state index is 0.0917. The molecule has 2 aliphatic rings. The predicted octanol–water partition coefficient (Wildman–Crippen LogP) is 6.35. The molecule has 0 radical (unpaired) electrons. The molecule has 1 fully saturated rings. The van der Waals surface area contributed by atoms with Crippen molar-refractivity contribution < 1.29 is 28.2 Å². The van der Waals surface area contributed by atoms with E-state index in [2.05, 4.69) is 36.4 Å². The molecule has 2 amide bonds. The third-order valence-electron chi connectivity index (χ3n) is 8.36. The Morgan fingerprint density at radius 1 is 1.19 bits per heavy atom. The molecule has 4 atom stereocenters. The summed E-state index contributed by atoms with van der Waals surface area (Å²) in [6.45, 7) is 6.23. The Morgan fingerprint density at radius 2 is 1.95 bits per heavy atom. The first-order valence-electron chi connectivity index (χ1n) is 13.7. The van der Waals surface area contributed by atoms with Crippen LogP contribution in [0.1, 0.15) is 61.0 Å². The van der Waals surface area contributed by atoms with Crippen LogP contribution in [0.3, 0.4) is 0 Å². The van der Waals surface area contributed by atoms with Crippen LogP contribution in [0.15, 0.2) is 54.9 Å². The van der Waals surface area contributed by atoms with E-state index in [4.69, 9.17) is 21.1 Å². The van der Waals surface area contributed by atoms with Crippen LogP contribution in [-0.4, -0.2) is 37.0 Å². The highest BCUT2D eigenvalue weighted by Gasteiger charge is 2.66. The molecule has 8 nitrogen and oxygen atoms in total. The maximum absolute atomic E-state index is 15.9. The van der Waals surface area contributed by atoms with Gasteiger partial charge in [0.05, 0.1) is 35.9 Å². The van der Waals surface area contributed by atoms with Crippen molar-refractivity contribution in [3.63, 3.8) is 0 Å². The molecule has 220 valence electrons. The highest BCUT2D eigenvalue weighted by Crippen LogP contribution is 2.64. The SMILES string of the molecule is COC(=O)c1ccc(NC(=O)[C@H]2C[C@H](CC(C)(C)C)[C@]3(C(=O)Nc4ccncc43)[C@@H]2c2cccc(Cl)c2F)c(OC)c1. The number of halogens is 2. The Morgan fingerprint density at radius 3 is 2.64 bits per heavy atom. The van der Waals surface area contributed by atoms with Crippen molar-refractivity contribution in [2.24, 2.45) is 17.3 Å². The first kappa shape index (κ1) is 29.5. The molecule has 0 saturated heterocycles. The van der Waals surface area contributed by atoms with Gasteiger partial charge < -0.3 is 20.1 Å². The van der Waals surface area contributed by atoms with Gasteiger partial charge in [0.25, 0.3) is 0 Å². The van der Waals surface area contributed by atoms with Crippen LogP contribution in [0.4, 0.5) is 15.8 Å². The second kappa shape index (κ2) is 11.0. The maximum atomic E-state index is 15.9. The number of nitrogens with one attached hydrogen (secondary N) is 2. The fraction of sp³-hybridized carbons (Fsp3) is 0.375. The summed E-state index contributed by atoms with van der Waals surface area (Å²) < 4.78 is 26.2. The van der Waals surface area contributed by atoms with Gasteiger partial charge in [-0.05, 0) is 60.1 Å². The van der Waals surface area contributed by atoms with Crippen molar-refractivity contribution >= 4 is 40.8 Å². The van der Waals surface area contributed by atoms with E-state index in [0.29, 0.717) is 29.8 Å². The largest absolute Gasteiger partial charge is 0.495 e. The molecular weight excluding hydrogens is 561 g/mol. The number of esters is 1. The molecule has 10 heteroatoms. The summed E-state index contributed by atoms with van der Waals surface area (Å²) >= 11 is 6.27. The van der Waals surface area contributed by atoms with Crippen molar-refractivity contribution in [1.82, 2.24) is 4.98 Å². The zero-order chi connectivity index (χ0) is 30.4. The number of anilines is 2. The van der Waals surface area contributed by atoms with Gasteiger partial charge in [-0.3, -0.25) is 14.6 Å². The average molecular weight is 594 g/mol. The molecule has 2 N–H and O–H groups in total. The molecule has 0 unspecified atom stereocenters. The molecule has 5 rings (SSSR count). The van der Waals surface area contributed by atoms with Gasteiger partial charge in [-0.15, -0.1) is 0 Å². The zero-order valence-electron chi connectivity index (χ0n) is 24.1. The van der Waals surface area contributed by atoms with Gasteiger partial charge in [0.1, 0.15) is 11.6 Å². The summed E-state index contributed by atoms with van der Waals surface area (Å²) in [7, 11) is 2.70. The molecule has 1 saturated carbocycles. The molecular formula is C32H33ClFN3O5. The number of pyridine rings is 1. The molecule has 1 aliphatic heterocycles. The van der Waals surface area contributed by atoms with E-state index >= 15 is 4.39 Å². The normalized spacial score (nSPS) is 22.9. The number of benzene rings is 2. The monoisotopic (exact) mass is 593 g/mol. The second-order valence-corrected chi connectivity index (χ2v) is 12.5. The maximum Gasteiger partial charge on any atom is 0.337 e. The molecule has 42 heavy (non-hydrogen) atoms. The van der Waals surface area contributed by atoms with Crippen LogP contribution in [-0.2, 0) is 19.7 Å². The van der Waals surface area contributed by atoms with Gasteiger partial charge in [-0.2, -0.15) is 0 Å². The smallest absolute Gasteiger partial charge is 0.337 e. The van der Waals surface area contributed by atoms with Crippen molar-refractivity contribution in [3.05, 3.63) is 82.4 Å². The van der Waals surface area contributed by atoms with E-state index in [1.165, 1.54) is 32.4 Å². The van der Waals surface area contributed by atoms with Crippen LogP contribution in [0.2, 0.25) is 5.02 Å². The first-order valence-corrected chi connectivity index (χ1v) is 14.1. The summed E-state index contributed by atoms with van der Waals surface area (Å²) in [5, 5.41) is 5.84. The lowest BCUT2D eigenvalue weighted by Crippen LogP contribution is -2.45. The lowest BCUT2D eigenvalue weighted by molar-refractivity contribution is -0.123. The summed E-state index contributed by atoms with van der Waals surface area (Å²) in [5.41, 5.74) is 0.530. The number of ether oxygens (including phenoxy) is 2. The lowest BCUT2D eigenvalue weighted by Gasteiger charge is -2.38. The summed E-state index contributed by atoms with van der Waals surface area (Å²) in [6, 6.07) is 10.9. The first-order chi connectivity index (χ1) is 19.9. The average Bonchev–Trinajstić information content (AvgIpc) is 3.44. The highest BCUT2D eigenvalue weighted by molar-refractivity contribution is 6.30. The number of nitrogens with zero attached hydrogens (tertiary/aromatic N) is 1. The second-order valence-electron chi connectivity index (χ2n) is 12.1. The van der Waals surface area contributed by atoms with Crippen molar-refractivity contribution in [2.75, 3.05) is 24.9 Å². The number of aromatic nitrogens is 1. The molecule has 3 aromatic rings. The minimum Gasteiger partial charge on any atom is -0.495 e. The fourth-order valence-electron chi connectivity index (χ4n) is 6.82. The van der Waals surface area contributed by atoms with Gasteiger partial charge in [0, 0.05) is 35.5 Å². The van der Waals surface area contributed by atoms with E-state index in [1.807, 2.05) is 0 Å². The minimum atomic E-state index is -1.27. The number of carbonyl (C=O) groups is 3. The Bertz CT molecular complexity index is 1570. The number of fused-ring (bicyclic) bond motifs is 2. The van der Waals surface area contributed by atoms with E-state index in [1.54, 1.807) is 36.7 Å². The summed E-state index contributed by atoms with van der Waals surface area (Å²) in [4.78, 5) is 44.8. The van der Waals surface area contributed by atoms with Gasteiger partial charge in [0.2, 0.25) is 11.8 Å². The van der Waals surface area contributed by atoms with Crippen LogP contribution in [0.25, 0.3) is 0 Å². The molecule has 1 spiro atoms. The van der Waals surface area contributed by atoms with Crippen molar-refractivity contribution in [3.8, 4) is 5.75 Å². The third-order valence-corrected chi connectivity index (χ3v) is 8.65. The summed E-state index contributed by atoms with van der Waals surface area (Å²) in [6.07, 6.45) is 4.14. The highest BCUT2D eigenvalue weighted by atomic mass is 35.5. The Hall–Kier alpha value is -3.98.